The summed E-state index contributed by atoms with van der Waals surface area (Å²) in [6.45, 7) is 7.41. The maximum atomic E-state index is 13.9. The monoisotopic (exact) mass is 293 g/mol. The van der Waals surface area contributed by atoms with Crippen LogP contribution in [0.1, 0.15) is 42.6 Å². The van der Waals surface area contributed by atoms with Gasteiger partial charge in [-0.2, -0.15) is 0 Å². The molecule has 0 atom stereocenters. The summed E-state index contributed by atoms with van der Waals surface area (Å²) < 4.78 is 18.4. The standard InChI is InChI=1S/C17H24FNO2/c1-12(2)14-6-8-19(9-7-14)11-13-4-5-15(16(18)10-13)17(20)21-3/h4-5,10,12,14H,6-9,11H2,1-3H3. The molecule has 3 nitrogen and oxygen atoms in total. The number of benzene rings is 1. The molecule has 21 heavy (non-hydrogen) atoms. The molecule has 2 rings (SSSR count). The molecule has 0 aliphatic carbocycles. The zero-order valence-electron chi connectivity index (χ0n) is 13.1. The number of hydrogen-bond acceptors (Lipinski definition) is 3. The van der Waals surface area contributed by atoms with Crippen LogP contribution in [0.25, 0.3) is 0 Å². The van der Waals surface area contributed by atoms with E-state index in [4.69, 9.17) is 0 Å². The lowest BCUT2D eigenvalue weighted by Gasteiger charge is -2.33. The molecular weight excluding hydrogens is 269 g/mol. The number of rotatable bonds is 4. The Morgan fingerprint density at radius 2 is 2.05 bits per heavy atom. The number of ether oxygens (including phenoxy) is 1. The Morgan fingerprint density at radius 3 is 2.57 bits per heavy atom. The topological polar surface area (TPSA) is 29.5 Å². The third kappa shape index (κ3) is 4.03. The number of hydrogen-bond donors (Lipinski definition) is 0. The minimum absolute atomic E-state index is 0.000217. The fraction of sp³-hybridized carbons (Fsp3) is 0.588. The highest BCUT2D eigenvalue weighted by atomic mass is 19.1. The zero-order chi connectivity index (χ0) is 15.4. The van der Waals surface area contributed by atoms with Crippen molar-refractivity contribution in [1.82, 2.24) is 4.90 Å². The average Bonchev–Trinajstić information content (AvgIpc) is 2.47. The first-order valence-corrected chi connectivity index (χ1v) is 7.60. The molecule has 1 aromatic carbocycles. The summed E-state index contributed by atoms with van der Waals surface area (Å²) in [7, 11) is 1.26. The van der Waals surface area contributed by atoms with Crippen molar-refractivity contribution in [3.63, 3.8) is 0 Å². The molecule has 1 heterocycles. The molecule has 1 saturated heterocycles. The van der Waals surface area contributed by atoms with E-state index in [1.807, 2.05) is 6.07 Å². The molecule has 1 aliphatic rings. The molecule has 0 unspecified atom stereocenters. The molecule has 0 saturated carbocycles. The highest BCUT2D eigenvalue weighted by molar-refractivity contribution is 5.89. The number of piperidine rings is 1. The Balaban J connectivity index is 1.95. The van der Waals surface area contributed by atoms with Crippen LogP contribution < -0.4 is 0 Å². The van der Waals surface area contributed by atoms with E-state index >= 15 is 0 Å². The van der Waals surface area contributed by atoms with Gasteiger partial charge >= 0.3 is 5.97 Å². The molecule has 1 fully saturated rings. The van der Waals surface area contributed by atoms with Crippen LogP contribution in [0, 0.1) is 17.7 Å². The first-order valence-electron chi connectivity index (χ1n) is 7.60. The van der Waals surface area contributed by atoms with Gasteiger partial charge in [-0.15, -0.1) is 0 Å². The van der Waals surface area contributed by atoms with Crippen molar-refractivity contribution in [3.05, 3.63) is 35.1 Å². The van der Waals surface area contributed by atoms with E-state index in [-0.39, 0.29) is 5.56 Å². The van der Waals surface area contributed by atoms with Gasteiger partial charge in [-0.05, 0) is 55.5 Å². The van der Waals surface area contributed by atoms with Gasteiger partial charge in [0.2, 0.25) is 0 Å². The Kier molecular flexibility index (Phi) is 5.34. The third-order valence-corrected chi connectivity index (χ3v) is 4.42. The number of carbonyl (C=O) groups is 1. The quantitative estimate of drug-likeness (QED) is 0.796. The van der Waals surface area contributed by atoms with Crippen molar-refractivity contribution >= 4 is 5.97 Å². The number of halogens is 1. The smallest absolute Gasteiger partial charge is 0.340 e. The summed E-state index contributed by atoms with van der Waals surface area (Å²) in [5, 5.41) is 0. The number of carbonyl (C=O) groups excluding carboxylic acids is 1. The van der Waals surface area contributed by atoms with Crippen LogP contribution in [-0.2, 0) is 11.3 Å². The van der Waals surface area contributed by atoms with Crippen LogP contribution in [0.15, 0.2) is 18.2 Å². The molecule has 0 N–H and O–H groups in total. The third-order valence-electron chi connectivity index (χ3n) is 4.42. The fourth-order valence-corrected chi connectivity index (χ4v) is 2.97. The molecule has 116 valence electrons. The summed E-state index contributed by atoms with van der Waals surface area (Å²) in [4.78, 5) is 13.7. The van der Waals surface area contributed by atoms with Crippen LogP contribution in [0.4, 0.5) is 4.39 Å². The van der Waals surface area contributed by atoms with E-state index in [1.165, 1.54) is 32.1 Å². The van der Waals surface area contributed by atoms with Gasteiger partial charge in [-0.25, -0.2) is 9.18 Å². The van der Waals surface area contributed by atoms with Crippen LogP contribution >= 0.6 is 0 Å². The predicted octanol–water partition coefficient (Wildman–Crippen LogP) is 3.48. The van der Waals surface area contributed by atoms with Crippen molar-refractivity contribution in [2.24, 2.45) is 11.8 Å². The summed E-state index contributed by atoms with van der Waals surface area (Å²) in [5.41, 5.74) is 0.905. The molecular formula is C17H24FNO2. The number of nitrogens with zero attached hydrogens (tertiary/aromatic N) is 1. The molecule has 0 bridgehead atoms. The van der Waals surface area contributed by atoms with Crippen molar-refractivity contribution in [3.8, 4) is 0 Å². The van der Waals surface area contributed by atoms with E-state index < -0.39 is 11.8 Å². The van der Waals surface area contributed by atoms with Crippen LogP contribution in [-0.4, -0.2) is 31.1 Å². The summed E-state index contributed by atoms with van der Waals surface area (Å²) in [6, 6.07) is 4.77. The average molecular weight is 293 g/mol. The van der Waals surface area contributed by atoms with Crippen LogP contribution in [0.5, 0.6) is 0 Å². The second-order valence-electron chi connectivity index (χ2n) is 6.16. The molecule has 0 aromatic heterocycles. The van der Waals surface area contributed by atoms with Gasteiger partial charge < -0.3 is 4.74 Å². The highest BCUT2D eigenvalue weighted by Crippen LogP contribution is 2.25. The first-order chi connectivity index (χ1) is 10.0. The molecule has 0 amide bonds. The molecule has 1 aliphatic heterocycles. The molecule has 0 radical (unpaired) electrons. The minimum atomic E-state index is -0.628. The van der Waals surface area contributed by atoms with E-state index in [0.717, 1.165) is 37.0 Å². The Bertz CT molecular complexity index is 494. The van der Waals surface area contributed by atoms with E-state index in [1.54, 1.807) is 0 Å². The van der Waals surface area contributed by atoms with E-state index in [9.17, 15) is 9.18 Å². The SMILES string of the molecule is COC(=O)c1ccc(CN2CCC(C(C)C)CC2)cc1F. The largest absolute Gasteiger partial charge is 0.465 e. The summed E-state index contributed by atoms with van der Waals surface area (Å²) in [5.74, 6) is 0.414. The molecule has 4 heteroatoms. The highest BCUT2D eigenvalue weighted by Gasteiger charge is 2.22. The van der Waals surface area contributed by atoms with Crippen LogP contribution in [0.2, 0.25) is 0 Å². The number of esters is 1. The zero-order valence-corrected chi connectivity index (χ0v) is 13.1. The lowest BCUT2D eigenvalue weighted by atomic mass is 9.86. The van der Waals surface area contributed by atoms with Gasteiger partial charge in [0.1, 0.15) is 5.82 Å². The normalized spacial score (nSPS) is 17.2. The van der Waals surface area contributed by atoms with Gasteiger partial charge in [0.05, 0.1) is 12.7 Å². The number of methoxy groups -OCH3 is 1. The molecule has 0 spiro atoms. The predicted molar refractivity (Wildman–Crippen MR) is 80.6 cm³/mol. The Hall–Kier alpha value is -1.42. The number of likely N-dealkylation sites (tertiary alicyclic amines) is 1. The Morgan fingerprint density at radius 1 is 1.38 bits per heavy atom. The second kappa shape index (κ2) is 7.03. The van der Waals surface area contributed by atoms with Gasteiger partial charge in [0, 0.05) is 6.54 Å². The van der Waals surface area contributed by atoms with Gasteiger partial charge in [0.25, 0.3) is 0 Å². The molecule has 1 aromatic rings. The van der Waals surface area contributed by atoms with Crippen molar-refractivity contribution in [2.75, 3.05) is 20.2 Å². The van der Waals surface area contributed by atoms with Gasteiger partial charge in [-0.1, -0.05) is 19.9 Å². The van der Waals surface area contributed by atoms with Crippen molar-refractivity contribution in [2.45, 2.75) is 33.2 Å². The van der Waals surface area contributed by atoms with Gasteiger partial charge in [-0.3, -0.25) is 4.90 Å². The maximum absolute atomic E-state index is 13.9. The lowest BCUT2D eigenvalue weighted by Crippen LogP contribution is -2.34. The van der Waals surface area contributed by atoms with Gasteiger partial charge in [0.15, 0.2) is 0 Å². The lowest BCUT2D eigenvalue weighted by molar-refractivity contribution is 0.0595. The van der Waals surface area contributed by atoms with E-state index in [0.29, 0.717) is 0 Å². The summed E-state index contributed by atoms with van der Waals surface area (Å²) >= 11 is 0. The summed E-state index contributed by atoms with van der Waals surface area (Å²) in [6.07, 6.45) is 2.42. The van der Waals surface area contributed by atoms with E-state index in [2.05, 4.69) is 23.5 Å². The van der Waals surface area contributed by atoms with Crippen LogP contribution in [0.3, 0.4) is 0 Å². The van der Waals surface area contributed by atoms with Crippen molar-refractivity contribution in [1.29, 1.82) is 0 Å². The first kappa shape index (κ1) is 16.0. The maximum Gasteiger partial charge on any atom is 0.340 e. The minimum Gasteiger partial charge on any atom is -0.465 e. The Labute approximate surface area is 126 Å². The fourth-order valence-electron chi connectivity index (χ4n) is 2.97. The van der Waals surface area contributed by atoms with Crippen molar-refractivity contribution < 1.29 is 13.9 Å². The second-order valence-corrected chi connectivity index (χ2v) is 6.16.